The van der Waals surface area contributed by atoms with Crippen molar-refractivity contribution in [2.24, 2.45) is 17.6 Å². The summed E-state index contributed by atoms with van der Waals surface area (Å²) in [6, 6.07) is 0.390. The highest BCUT2D eigenvalue weighted by Crippen LogP contribution is 2.27. The lowest BCUT2D eigenvalue weighted by molar-refractivity contribution is -0.130. The number of nitrogens with zero attached hydrogens (tertiary/aromatic N) is 1. The van der Waals surface area contributed by atoms with E-state index < -0.39 is 0 Å². The van der Waals surface area contributed by atoms with Crippen LogP contribution < -0.4 is 5.73 Å². The van der Waals surface area contributed by atoms with Crippen LogP contribution in [0.4, 0.5) is 0 Å². The largest absolute Gasteiger partial charge is 0.396 e. The minimum Gasteiger partial charge on any atom is -0.396 e. The molecule has 2 fully saturated rings. The van der Waals surface area contributed by atoms with Crippen LogP contribution >= 0.6 is 0 Å². The fourth-order valence-corrected chi connectivity index (χ4v) is 3.17. The first-order valence-electron chi connectivity index (χ1n) is 7.33. The zero-order chi connectivity index (χ0) is 13.0. The molecule has 0 spiro atoms. The Labute approximate surface area is 110 Å². The second-order valence-corrected chi connectivity index (χ2v) is 6.00. The molecule has 2 aliphatic rings. The van der Waals surface area contributed by atoms with Gasteiger partial charge in [-0.05, 0) is 44.4 Å². The predicted molar refractivity (Wildman–Crippen MR) is 70.9 cm³/mol. The van der Waals surface area contributed by atoms with Crippen molar-refractivity contribution in [1.29, 1.82) is 0 Å². The summed E-state index contributed by atoms with van der Waals surface area (Å²) in [5.41, 5.74) is 5.88. The average Bonchev–Trinajstić information content (AvgIpc) is 2.86. The lowest BCUT2D eigenvalue weighted by Gasteiger charge is -2.26. The quantitative estimate of drug-likeness (QED) is 0.790. The molecule has 1 atom stereocenters. The molecule has 18 heavy (non-hydrogen) atoms. The summed E-state index contributed by atoms with van der Waals surface area (Å²) in [5.74, 6) is 1.28. The summed E-state index contributed by atoms with van der Waals surface area (Å²) in [5, 5.41) is 9.07. The van der Waals surface area contributed by atoms with Gasteiger partial charge in [-0.2, -0.15) is 0 Å². The molecule has 0 bridgehead atoms. The molecular formula is C14H26N2O2. The smallest absolute Gasteiger partial charge is 0.222 e. The zero-order valence-corrected chi connectivity index (χ0v) is 11.2. The van der Waals surface area contributed by atoms with Crippen molar-refractivity contribution >= 4 is 5.91 Å². The second-order valence-electron chi connectivity index (χ2n) is 6.00. The second kappa shape index (κ2) is 6.53. The summed E-state index contributed by atoms with van der Waals surface area (Å²) < 4.78 is 0. The third-order valence-corrected chi connectivity index (χ3v) is 4.55. The molecule has 1 aliphatic carbocycles. The van der Waals surface area contributed by atoms with Gasteiger partial charge in [0.25, 0.3) is 0 Å². The number of likely N-dealkylation sites (tertiary alicyclic amines) is 1. The van der Waals surface area contributed by atoms with Gasteiger partial charge in [0.1, 0.15) is 0 Å². The molecule has 104 valence electrons. The van der Waals surface area contributed by atoms with Crippen molar-refractivity contribution in [2.45, 2.75) is 51.0 Å². The number of carbonyl (C=O) groups is 1. The molecule has 0 aromatic rings. The minimum absolute atomic E-state index is 0.213. The molecule has 0 radical (unpaired) electrons. The molecular weight excluding hydrogens is 228 g/mol. The van der Waals surface area contributed by atoms with Crippen molar-refractivity contribution in [3.8, 4) is 0 Å². The molecule has 1 heterocycles. The lowest BCUT2D eigenvalue weighted by atomic mass is 9.84. The van der Waals surface area contributed by atoms with Crippen molar-refractivity contribution in [1.82, 2.24) is 4.90 Å². The highest BCUT2D eigenvalue weighted by atomic mass is 16.3. The number of carbonyl (C=O) groups excluding carboxylic acids is 1. The molecule has 2 rings (SSSR count). The van der Waals surface area contributed by atoms with E-state index in [-0.39, 0.29) is 12.5 Å². The topological polar surface area (TPSA) is 66.6 Å². The van der Waals surface area contributed by atoms with E-state index in [1.807, 2.05) is 4.90 Å². The summed E-state index contributed by atoms with van der Waals surface area (Å²) >= 11 is 0. The van der Waals surface area contributed by atoms with Gasteiger partial charge in [0.2, 0.25) is 5.91 Å². The summed E-state index contributed by atoms with van der Waals surface area (Å²) in [7, 11) is 0. The number of hydrogen-bond donors (Lipinski definition) is 2. The van der Waals surface area contributed by atoms with Crippen molar-refractivity contribution in [3.63, 3.8) is 0 Å². The highest BCUT2D eigenvalue weighted by Gasteiger charge is 2.26. The van der Waals surface area contributed by atoms with Gasteiger partial charge in [0.05, 0.1) is 0 Å². The predicted octanol–water partition coefficient (Wildman–Crippen LogP) is 1.12. The van der Waals surface area contributed by atoms with Gasteiger partial charge in [-0.25, -0.2) is 0 Å². The molecule has 1 saturated carbocycles. The fraction of sp³-hybridized carbons (Fsp3) is 0.929. The van der Waals surface area contributed by atoms with E-state index in [4.69, 9.17) is 10.8 Å². The summed E-state index contributed by atoms with van der Waals surface area (Å²) in [6.07, 6.45) is 7.27. The maximum Gasteiger partial charge on any atom is 0.222 e. The molecule has 0 aromatic heterocycles. The van der Waals surface area contributed by atoms with Gasteiger partial charge >= 0.3 is 0 Å². The number of hydrogen-bond acceptors (Lipinski definition) is 3. The number of rotatable bonds is 4. The van der Waals surface area contributed by atoms with E-state index in [0.29, 0.717) is 24.3 Å². The monoisotopic (exact) mass is 254 g/mol. The molecule has 4 nitrogen and oxygen atoms in total. The number of nitrogens with two attached hydrogens (primary N) is 1. The van der Waals surface area contributed by atoms with Crippen LogP contribution in [0.25, 0.3) is 0 Å². The van der Waals surface area contributed by atoms with E-state index in [0.717, 1.165) is 38.8 Å². The lowest BCUT2D eigenvalue weighted by Crippen LogP contribution is -2.30. The van der Waals surface area contributed by atoms with Gasteiger partial charge in [-0.3, -0.25) is 4.79 Å². The molecule has 1 saturated heterocycles. The molecule has 1 aliphatic heterocycles. The van der Waals surface area contributed by atoms with E-state index in [2.05, 4.69) is 0 Å². The first kappa shape index (κ1) is 13.8. The average molecular weight is 254 g/mol. The zero-order valence-electron chi connectivity index (χ0n) is 11.2. The molecule has 0 aromatic carbocycles. The Balaban J connectivity index is 1.66. The van der Waals surface area contributed by atoms with E-state index in [1.165, 1.54) is 12.8 Å². The van der Waals surface area contributed by atoms with E-state index in [9.17, 15) is 4.79 Å². The van der Waals surface area contributed by atoms with Crippen molar-refractivity contribution in [2.75, 3.05) is 19.7 Å². The van der Waals surface area contributed by atoms with Crippen LogP contribution in [-0.4, -0.2) is 41.7 Å². The SMILES string of the molecule is NC1CCC(CCC(=O)N2CCC(CO)C2)CC1. The normalized spacial score (nSPS) is 32.8. The minimum atomic E-state index is 0.213. The van der Waals surface area contributed by atoms with E-state index in [1.54, 1.807) is 0 Å². The Morgan fingerprint density at radius 2 is 1.89 bits per heavy atom. The highest BCUT2D eigenvalue weighted by molar-refractivity contribution is 5.76. The molecule has 1 unspecified atom stereocenters. The van der Waals surface area contributed by atoms with E-state index >= 15 is 0 Å². The Hall–Kier alpha value is -0.610. The maximum absolute atomic E-state index is 12.0. The Kier molecular flexibility index (Phi) is 5.01. The third kappa shape index (κ3) is 3.69. The van der Waals surface area contributed by atoms with Gasteiger partial charge in [0, 0.05) is 38.1 Å². The number of aliphatic hydroxyl groups is 1. The summed E-state index contributed by atoms with van der Waals surface area (Å²) in [6.45, 7) is 1.80. The van der Waals surface area contributed by atoms with Crippen LogP contribution in [0.15, 0.2) is 0 Å². The summed E-state index contributed by atoms with van der Waals surface area (Å²) in [4.78, 5) is 14.0. The Morgan fingerprint density at radius 1 is 1.17 bits per heavy atom. The van der Waals surface area contributed by atoms with Crippen LogP contribution in [-0.2, 0) is 4.79 Å². The molecule has 1 amide bonds. The molecule has 3 N–H and O–H groups in total. The first-order chi connectivity index (χ1) is 8.69. The van der Waals surface area contributed by atoms with Crippen molar-refractivity contribution < 1.29 is 9.90 Å². The van der Waals surface area contributed by atoms with Gasteiger partial charge in [-0.1, -0.05) is 0 Å². The standard InChI is InChI=1S/C14H26N2O2/c15-13-4-1-11(2-5-13)3-6-14(18)16-8-7-12(9-16)10-17/h11-13,17H,1-10,15H2. The van der Waals surface area contributed by atoms with Crippen LogP contribution in [0.5, 0.6) is 0 Å². The van der Waals surface area contributed by atoms with Gasteiger partial charge < -0.3 is 15.7 Å². The van der Waals surface area contributed by atoms with Crippen LogP contribution in [0.3, 0.4) is 0 Å². The van der Waals surface area contributed by atoms with Gasteiger partial charge in [0.15, 0.2) is 0 Å². The van der Waals surface area contributed by atoms with Gasteiger partial charge in [-0.15, -0.1) is 0 Å². The number of aliphatic hydroxyl groups excluding tert-OH is 1. The third-order valence-electron chi connectivity index (χ3n) is 4.55. The maximum atomic E-state index is 12.0. The fourth-order valence-electron chi connectivity index (χ4n) is 3.17. The van der Waals surface area contributed by atoms with Crippen molar-refractivity contribution in [3.05, 3.63) is 0 Å². The Bertz CT molecular complexity index is 275. The first-order valence-corrected chi connectivity index (χ1v) is 7.33. The van der Waals surface area contributed by atoms with Crippen LogP contribution in [0.2, 0.25) is 0 Å². The van der Waals surface area contributed by atoms with Crippen LogP contribution in [0.1, 0.15) is 44.9 Å². The Morgan fingerprint density at radius 3 is 2.50 bits per heavy atom. The molecule has 4 heteroatoms. The number of amides is 1. The van der Waals surface area contributed by atoms with Crippen LogP contribution in [0, 0.1) is 11.8 Å².